The van der Waals surface area contributed by atoms with Gasteiger partial charge in [0.05, 0.1) is 5.92 Å². The highest BCUT2D eigenvalue weighted by Crippen LogP contribution is 2.33. The Morgan fingerprint density at radius 1 is 1.07 bits per heavy atom. The fourth-order valence-corrected chi connectivity index (χ4v) is 5.05. The lowest BCUT2D eigenvalue weighted by molar-refractivity contribution is -0.138. The lowest BCUT2D eigenvalue weighted by atomic mass is 9.89. The summed E-state index contributed by atoms with van der Waals surface area (Å²) < 4.78 is 46.9. The number of anilines is 2. The van der Waals surface area contributed by atoms with Crippen molar-refractivity contribution in [2.75, 3.05) is 18.4 Å². The zero-order valence-electron chi connectivity index (χ0n) is 25.2. The highest BCUT2D eigenvalue weighted by molar-refractivity contribution is 5.82. The smallest absolute Gasteiger partial charge is 0.420 e. The summed E-state index contributed by atoms with van der Waals surface area (Å²) in [5.74, 6) is 4.36. The van der Waals surface area contributed by atoms with Gasteiger partial charge in [0.1, 0.15) is 16.9 Å². The minimum Gasteiger partial charge on any atom is -0.444 e. The molecule has 3 N–H and O–H groups in total. The van der Waals surface area contributed by atoms with E-state index in [1.54, 1.807) is 36.1 Å². The molecule has 0 aliphatic carbocycles. The normalized spacial score (nSPS) is 14.8. The molecule has 0 saturated carbocycles. The topological polar surface area (TPSA) is 110 Å². The molecule has 1 unspecified atom stereocenters. The number of ether oxygens (including phenoxy) is 1. The molecular formula is C33H36F3N5O3. The van der Waals surface area contributed by atoms with Crippen molar-refractivity contribution in [3.63, 3.8) is 0 Å². The van der Waals surface area contributed by atoms with Gasteiger partial charge in [0.15, 0.2) is 0 Å². The third-order valence-electron chi connectivity index (χ3n) is 7.28. The monoisotopic (exact) mass is 607 g/mol. The van der Waals surface area contributed by atoms with Crippen molar-refractivity contribution in [1.82, 2.24) is 14.9 Å². The van der Waals surface area contributed by atoms with Gasteiger partial charge in [-0.2, -0.15) is 13.2 Å². The van der Waals surface area contributed by atoms with E-state index in [-0.39, 0.29) is 18.0 Å². The van der Waals surface area contributed by atoms with Crippen molar-refractivity contribution in [2.45, 2.75) is 70.6 Å². The Kier molecular flexibility index (Phi) is 9.82. The molecule has 1 saturated heterocycles. The summed E-state index contributed by atoms with van der Waals surface area (Å²) in [5.41, 5.74) is 6.06. The van der Waals surface area contributed by atoms with Gasteiger partial charge in [-0.15, -0.1) is 0 Å². The first-order chi connectivity index (χ1) is 20.7. The number of alkyl halides is 3. The Morgan fingerprint density at radius 3 is 2.32 bits per heavy atom. The van der Waals surface area contributed by atoms with E-state index >= 15 is 0 Å². The van der Waals surface area contributed by atoms with Gasteiger partial charge < -0.3 is 20.7 Å². The number of nitrogens with two attached hydrogens (primary N) is 1. The third-order valence-corrected chi connectivity index (χ3v) is 7.28. The second-order valence-electron chi connectivity index (χ2n) is 11.6. The lowest BCUT2D eigenvalue weighted by Gasteiger charge is -2.33. The van der Waals surface area contributed by atoms with E-state index in [9.17, 15) is 22.8 Å². The van der Waals surface area contributed by atoms with E-state index in [1.807, 2.05) is 45.0 Å². The van der Waals surface area contributed by atoms with Gasteiger partial charge in [-0.1, -0.05) is 43.2 Å². The number of amides is 2. The lowest BCUT2D eigenvalue weighted by Crippen LogP contribution is -2.41. The highest BCUT2D eigenvalue weighted by atomic mass is 19.4. The van der Waals surface area contributed by atoms with Crippen molar-refractivity contribution < 1.29 is 27.5 Å². The molecule has 3 aromatic rings. The van der Waals surface area contributed by atoms with Crippen LogP contribution < -0.4 is 11.1 Å². The molecule has 232 valence electrons. The Hall–Kier alpha value is -4.59. The number of carbonyl (C=O) groups is 2. The summed E-state index contributed by atoms with van der Waals surface area (Å²) in [4.78, 5) is 34.0. The molecule has 0 spiro atoms. The van der Waals surface area contributed by atoms with Crippen LogP contribution in [0.15, 0.2) is 54.7 Å². The van der Waals surface area contributed by atoms with Crippen molar-refractivity contribution in [1.29, 1.82) is 0 Å². The summed E-state index contributed by atoms with van der Waals surface area (Å²) >= 11 is 0. The number of likely N-dealkylation sites (tertiary alicyclic amines) is 1. The van der Waals surface area contributed by atoms with Crippen LogP contribution in [0.4, 0.5) is 29.6 Å². The summed E-state index contributed by atoms with van der Waals surface area (Å²) in [6, 6.07) is 14.2. The number of halogens is 3. The van der Waals surface area contributed by atoms with Crippen LogP contribution in [0.5, 0.6) is 0 Å². The van der Waals surface area contributed by atoms with Gasteiger partial charge in [0.25, 0.3) is 0 Å². The molecule has 1 atom stereocenters. The quantitative estimate of drug-likeness (QED) is 0.301. The largest absolute Gasteiger partial charge is 0.444 e. The van der Waals surface area contributed by atoms with Gasteiger partial charge in [-0.25, -0.2) is 14.8 Å². The minimum absolute atomic E-state index is 0.0439. The van der Waals surface area contributed by atoms with E-state index in [0.29, 0.717) is 42.5 Å². The van der Waals surface area contributed by atoms with Gasteiger partial charge in [-0.3, -0.25) is 4.79 Å². The average Bonchev–Trinajstić information content (AvgIpc) is 2.96. The highest BCUT2D eigenvalue weighted by Gasteiger charge is 2.35. The van der Waals surface area contributed by atoms with Crippen LogP contribution in [-0.2, 0) is 15.7 Å². The van der Waals surface area contributed by atoms with Crippen LogP contribution >= 0.6 is 0 Å². The Morgan fingerprint density at radius 2 is 1.73 bits per heavy atom. The number of piperidine rings is 1. The number of nitrogens with one attached hydrogen (secondary N) is 1. The van der Waals surface area contributed by atoms with Crippen LogP contribution in [-0.4, -0.2) is 45.6 Å². The molecular weight excluding hydrogens is 571 g/mol. The number of hydrogen-bond donors (Lipinski definition) is 2. The molecule has 1 fully saturated rings. The predicted molar refractivity (Wildman–Crippen MR) is 161 cm³/mol. The number of rotatable bonds is 6. The number of primary amides is 1. The number of nitrogens with zero attached hydrogens (tertiary/aromatic N) is 3. The molecule has 0 radical (unpaired) electrons. The number of benzene rings is 2. The maximum atomic E-state index is 13.8. The molecule has 0 bridgehead atoms. The first-order valence-corrected chi connectivity index (χ1v) is 14.4. The predicted octanol–water partition coefficient (Wildman–Crippen LogP) is 6.73. The maximum Gasteiger partial charge on any atom is 0.420 e. The minimum atomic E-state index is -4.72. The fraction of sp³-hybridized carbons (Fsp3) is 0.394. The van der Waals surface area contributed by atoms with Crippen molar-refractivity contribution in [3.8, 4) is 11.8 Å². The van der Waals surface area contributed by atoms with Gasteiger partial charge in [0, 0.05) is 30.5 Å². The Labute approximate surface area is 255 Å². The Balaban J connectivity index is 1.50. The van der Waals surface area contributed by atoms with E-state index in [0.717, 1.165) is 18.4 Å². The summed E-state index contributed by atoms with van der Waals surface area (Å²) in [5, 5.41) is 2.96. The molecule has 2 aromatic carbocycles. The van der Waals surface area contributed by atoms with E-state index in [2.05, 4.69) is 27.1 Å². The first kappa shape index (κ1) is 32.3. The number of hydrogen-bond acceptors (Lipinski definition) is 6. The average molecular weight is 608 g/mol. The summed E-state index contributed by atoms with van der Waals surface area (Å²) in [7, 11) is 0. The molecule has 1 aliphatic rings. The Bertz CT molecular complexity index is 1550. The summed E-state index contributed by atoms with van der Waals surface area (Å²) in [6.07, 6.45) is -2.32. The second kappa shape index (κ2) is 13.4. The zero-order chi connectivity index (χ0) is 32.1. The van der Waals surface area contributed by atoms with Crippen molar-refractivity contribution in [3.05, 3.63) is 82.7 Å². The molecule has 8 nitrogen and oxygen atoms in total. The van der Waals surface area contributed by atoms with Crippen LogP contribution in [0.1, 0.15) is 86.7 Å². The van der Waals surface area contributed by atoms with Gasteiger partial charge in [0.2, 0.25) is 11.9 Å². The third kappa shape index (κ3) is 8.28. The molecule has 2 heterocycles. The van der Waals surface area contributed by atoms with E-state index in [1.165, 1.54) is 0 Å². The molecule has 1 aromatic heterocycles. The molecule has 1 aliphatic heterocycles. The van der Waals surface area contributed by atoms with E-state index in [4.69, 9.17) is 10.5 Å². The zero-order valence-corrected chi connectivity index (χ0v) is 25.2. The molecule has 44 heavy (non-hydrogen) atoms. The van der Waals surface area contributed by atoms with Crippen LogP contribution in [0.25, 0.3) is 0 Å². The summed E-state index contributed by atoms with van der Waals surface area (Å²) in [6.45, 7) is 8.50. The van der Waals surface area contributed by atoms with Gasteiger partial charge in [-0.05, 0) is 81.2 Å². The standard InChI is InChI=1S/C33H36F3N5O3/c1-5-25(29(37)42)26-9-7-6-8-23(26)12-15-28-27(33(34,35)36)20-38-30(40-28)39-24-13-10-21(11-14-24)22-16-18-41(19-17-22)31(43)44-32(2,3)4/h6-11,13-14,20,22,25H,5,16-19H2,1-4H3,(H2,37,42)(H,38,39,40). The van der Waals surface area contributed by atoms with Crippen LogP contribution in [0.2, 0.25) is 0 Å². The number of aromatic nitrogens is 2. The van der Waals surface area contributed by atoms with Crippen molar-refractivity contribution in [2.24, 2.45) is 5.73 Å². The van der Waals surface area contributed by atoms with Crippen LogP contribution in [0.3, 0.4) is 0 Å². The second-order valence-corrected chi connectivity index (χ2v) is 11.6. The molecule has 2 amide bonds. The van der Waals surface area contributed by atoms with E-state index < -0.39 is 34.9 Å². The maximum absolute atomic E-state index is 13.8. The SMILES string of the molecule is CCC(C(N)=O)c1ccccc1C#Cc1nc(Nc2ccc(C3CCN(C(=O)OC(C)(C)C)CC3)cc2)ncc1C(F)(F)F. The fourth-order valence-electron chi connectivity index (χ4n) is 5.05. The van der Waals surface area contributed by atoms with Crippen molar-refractivity contribution >= 4 is 23.6 Å². The first-order valence-electron chi connectivity index (χ1n) is 14.4. The molecule has 11 heteroatoms. The van der Waals surface area contributed by atoms with Crippen LogP contribution in [0, 0.1) is 11.8 Å². The molecule has 4 rings (SSSR count). The van der Waals surface area contributed by atoms with Gasteiger partial charge >= 0.3 is 12.3 Å². The number of carbonyl (C=O) groups excluding carboxylic acids is 2.